The fourth-order valence-electron chi connectivity index (χ4n) is 2.61. The standard InChI is InChI=1S/C18H17Cl2N3/c1-3-23(4-2)18-14-10-9-12(19)11-16(14)21-17(22-18)13-7-5-6-8-15(13)20/h5-11H,3-4H2,1-2H3. The number of aromatic nitrogens is 2. The van der Waals surface area contributed by atoms with Crippen molar-refractivity contribution in [3.63, 3.8) is 0 Å². The molecule has 1 aromatic heterocycles. The van der Waals surface area contributed by atoms with E-state index in [4.69, 9.17) is 28.2 Å². The van der Waals surface area contributed by atoms with Crippen molar-refractivity contribution >= 4 is 39.9 Å². The molecule has 3 nitrogen and oxygen atoms in total. The monoisotopic (exact) mass is 345 g/mol. The Kier molecular flexibility index (Phi) is 4.69. The lowest BCUT2D eigenvalue weighted by Gasteiger charge is -2.22. The summed E-state index contributed by atoms with van der Waals surface area (Å²) in [5, 5.41) is 2.29. The number of anilines is 1. The van der Waals surface area contributed by atoms with E-state index in [1.54, 1.807) is 0 Å². The van der Waals surface area contributed by atoms with Gasteiger partial charge in [-0.2, -0.15) is 0 Å². The lowest BCUT2D eigenvalue weighted by molar-refractivity contribution is 0.850. The average Bonchev–Trinajstić information content (AvgIpc) is 2.55. The van der Waals surface area contributed by atoms with Crippen LogP contribution in [0.25, 0.3) is 22.3 Å². The molecule has 0 saturated heterocycles. The van der Waals surface area contributed by atoms with Gasteiger partial charge < -0.3 is 4.90 Å². The fraction of sp³-hybridized carbons (Fsp3) is 0.222. The summed E-state index contributed by atoms with van der Waals surface area (Å²) in [7, 11) is 0. The predicted octanol–water partition coefficient (Wildman–Crippen LogP) is 5.45. The fourth-order valence-corrected chi connectivity index (χ4v) is 3.00. The second-order valence-electron chi connectivity index (χ2n) is 5.18. The third-order valence-corrected chi connectivity index (χ3v) is 4.38. The van der Waals surface area contributed by atoms with Crippen LogP contribution in [0.5, 0.6) is 0 Å². The molecule has 23 heavy (non-hydrogen) atoms. The van der Waals surface area contributed by atoms with Gasteiger partial charge in [0.1, 0.15) is 5.82 Å². The Labute approximate surface area is 145 Å². The molecule has 0 unspecified atom stereocenters. The number of benzene rings is 2. The minimum Gasteiger partial charge on any atom is -0.357 e. The molecule has 0 amide bonds. The Hall–Kier alpha value is -1.84. The van der Waals surface area contributed by atoms with Gasteiger partial charge in [0.05, 0.1) is 10.5 Å². The van der Waals surface area contributed by atoms with Crippen molar-refractivity contribution in [2.45, 2.75) is 13.8 Å². The predicted molar refractivity (Wildman–Crippen MR) is 98.6 cm³/mol. The summed E-state index contributed by atoms with van der Waals surface area (Å²) in [6.45, 7) is 5.96. The van der Waals surface area contributed by atoms with Gasteiger partial charge in [0, 0.05) is 29.1 Å². The van der Waals surface area contributed by atoms with Crippen molar-refractivity contribution in [3.05, 3.63) is 52.5 Å². The van der Waals surface area contributed by atoms with Crippen LogP contribution in [-0.4, -0.2) is 23.1 Å². The van der Waals surface area contributed by atoms with E-state index in [1.165, 1.54) is 0 Å². The molecule has 0 N–H and O–H groups in total. The summed E-state index contributed by atoms with van der Waals surface area (Å²) in [6.07, 6.45) is 0. The molecule has 3 rings (SSSR count). The molecule has 0 aliphatic carbocycles. The minimum atomic E-state index is 0.618. The molecule has 0 aliphatic heterocycles. The Morgan fingerprint density at radius 1 is 0.957 bits per heavy atom. The van der Waals surface area contributed by atoms with Gasteiger partial charge in [-0.15, -0.1) is 0 Å². The zero-order chi connectivity index (χ0) is 16.4. The topological polar surface area (TPSA) is 29.0 Å². The van der Waals surface area contributed by atoms with E-state index < -0.39 is 0 Å². The van der Waals surface area contributed by atoms with Crippen molar-refractivity contribution in [3.8, 4) is 11.4 Å². The van der Waals surface area contributed by atoms with E-state index in [0.29, 0.717) is 15.9 Å². The van der Waals surface area contributed by atoms with Gasteiger partial charge in [0.25, 0.3) is 0 Å². The first-order valence-corrected chi connectivity index (χ1v) is 8.36. The van der Waals surface area contributed by atoms with Crippen molar-refractivity contribution < 1.29 is 0 Å². The van der Waals surface area contributed by atoms with E-state index in [0.717, 1.165) is 35.4 Å². The summed E-state index contributed by atoms with van der Waals surface area (Å²) in [5.41, 5.74) is 1.65. The van der Waals surface area contributed by atoms with Gasteiger partial charge in [0.2, 0.25) is 0 Å². The molecule has 0 spiro atoms. The number of hydrogen-bond acceptors (Lipinski definition) is 3. The molecule has 0 bridgehead atoms. The van der Waals surface area contributed by atoms with Crippen LogP contribution in [0.1, 0.15) is 13.8 Å². The number of hydrogen-bond donors (Lipinski definition) is 0. The number of halogens is 2. The number of nitrogens with zero attached hydrogens (tertiary/aromatic N) is 3. The molecule has 3 aromatic rings. The molecule has 1 heterocycles. The molecule has 0 saturated carbocycles. The largest absolute Gasteiger partial charge is 0.357 e. The van der Waals surface area contributed by atoms with Gasteiger partial charge in [-0.1, -0.05) is 35.3 Å². The SMILES string of the molecule is CCN(CC)c1nc(-c2ccccc2Cl)nc2cc(Cl)ccc12. The zero-order valence-corrected chi connectivity index (χ0v) is 14.6. The highest BCUT2D eigenvalue weighted by molar-refractivity contribution is 6.33. The normalized spacial score (nSPS) is 11.0. The summed E-state index contributed by atoms with van der Waals surface area (Å²) in [6, 6.07) is 13.3. The molecular formula is C18H17Cl2N3. The van der Waals surface area contributed by atoms with Crippen LogP contribution in [0.4, 0.5) is 5.82 Å². The minimum absolute atomic E-state index is 0.618. The zero-order valence-electron chi connectivity index (χ0n) is 13.1. The van der Waals surface area contributed by atoms with E-state index in [9.17, 15) is 0 Å². The van der Waals surface area contributed by atoms with E-state index in [1.807, 2.05) is 42.5 Å². The second kappa shape index (κ2) is 6.73. The second-order valence-corrected chi connectivity index (χ2v) is 6.03. The van der Waals surface area contributed by atoms with Gasteiger partial charge in [-0.3, -0.25) is 0 Å². The van der Waals surface area contributed by atoms with Crippen molar-refractivity contribution in [2.75, 3.05) is 18.0 Å². The highest BCUT2D eigenvalue weighted by Gasteiger charge is 2.15. The van der Waals surface area contributed by atoms with Gasteiger partial charge >= 0.3 is 0 Å². The number of fused-ring (bicyclic) bond motifs is 1. The molecule has 5 heteroatoms. The lowest BCUT2D eigenvalue weighted by Crippen LogP contribution is -2.23. The van der Waals surface area contributed by atoms with E-state index >= 15 is 0 Å². The van der Waals surface area contributed by atoms with Gasteiger partial charge in [-0.25, -0.2) is 9.97 Å². The Morgan fingerprint density at radius 3 is 2.39 bits per heavy atom. The van der Waals surface area contributed by atoms with Crippen LogP contribution in [0.2, 0.25) is 10.0 Å². The maximum atomic E-state index is 6.32. The van der Waals surface area contributed by atoms with Crippen LogP contribution < -0.4 is 4.90 Å². The summed E-state index contributed by atoms with van der Waals surface area (Å²) in [5.74, 6) is 1.53. The summed E-state index contributed by atoms with van der Waals surface area (Å²) >= 11 is 12.5. The third kappa shape index (κ3) is 3.12. The Balaban J connectivity index is 2.30. The van der Waals surface area contributed by atoms with Gasteiger partial charge in [-0.05, 0) is 44.2 Å². The molecule has 2 aromatic carbocycles. The Bertz CT molecular complexity index is 845. The maximum absolute atomic E-state index is 6.32. The third-order valence-electron chi connectivity index (χ3n) is 3.82. The molecule has 0 atom stereocenters. The molecule has 0 aliphatic rings. The highest BCUT2D eigenvalue weighted by Crippen LogP contribution is 2.31. The first-order valence-electron chi connectivity index (χ1n) is 7.61. The maximum Gasteiger partial charge on any atom is 0.163 e. The van der Waals surface area contributed by atoms with Gasteiger partial charge in [0.15, 0.2) is 5.82 Å². The van der Waals surface area contributed by atoms with Crippen molar-refractivity contribution in [2.24, 2.45) is 0 Å². The Morgan fingerprint density at radius 2 is 1.70 bits per heavy atom. The van der Waals surface area contributed by atoms with E-state index in [2.05, 4.69) is 23.7 Å². The van der Waals surface area contributed by atoms with E-state index in [-0.39, 0.29) is 0 Å². The molecular weight excluding hydrogens is 329 g/mol. The molecule has 118 valence electrons. The van der Waals surface area contributed by atoms with Crippen LogP contribution in [-0.2, 0) is 0 Å². The van der Waals surface area contributed by atoms with Crippen molar-refractivity contribution in [1.29, 1.82) is 0 Å². The smallest absolute Gasteiger partial charge is 0.163 e. The quantitative estimate of drug-likeness (QED) is 0.629. The number of rotatable bonds is 4. The highest BCUT2D eigenvalue weighted by atomic mass is 35.5. The van der Waals surface area contributed by atoms with Crippen molar-refractivity contribution in [1.82, 2.24) is 9.97 Å². The molecule has 0 fully saturated rings. The molecule has 0 radical (unpaired) electrons. The van der Waals surface area contributed by atoms with Crippen LogP contribution in [0, 0.1) is 0 Å². The average molecular weight is 346 g/mol. The first kappa shape index (κ1) is 16.0. The van der Waals surface area contributed by atoms with Crippen LogP contribution in [0.15, 0.2) is 42.5 Å². The first-order chi connectivity index (χ1) is 11.1. The van der Waals surface area contributed by atoms with Crippen LogP contribution in [0.3, 0.4) is 0 Å². The summed E-state index contributed by atoms with van der Waals surface area (Å²) in [4.78, 5) is 11.7. The van der Waals surface area contributed by atoms with Crippen LogP contribution >= 0.6 is 23.2 Å². The lowest BCUT2D eigenvalue weighted by atomic mass is 10.1. The summed E-state index contributed by atoms with van der Waals surface area (Å²) < 4.78 is 0.